The van der Waals surface area contributed by atoms with Crippen LogP contribution in [0.25, 0.3) is 0 Å². The Bertz CT molecular complexity index is 193. The van der Waals surface area contributed by atoms with Gasteiger partial charge in [-0.1, -0.05) is 0 Å². The van der Waals surface area contributed by atoms with Crippen molar-refractivity contribution in [2.75, 3.05) is 0 Å². The Labute approximate surface area is 66.6 Å². The van der Waals surface area contributed by atoms with Crippen molar-refractivity contribution < 1.29 is 19.3 Å². The molecule has 0 heterocycles. The van der Waals surface area contributed by atoms with Gasteiger partial charge in [0, 0.05) is 0 Å². The normalized spacial score (nSPS) is 8.00. The third kappa shape index (κ3) is 6.31. The molecule has 5 N–H and O–H groups in total. The summed E-state index contributed by atoms with van der Waals surface area (Å²) in [6.45, 7) is 0. The number of nitrogens with one attached hydrogen (secondary N) is 1. The molecule has 0 saturated carbocycles. The Kier molecular flexibility index (Phi) is 3.67. The van der Waals surface area contributed by atoms with Gasteiger partial charge in [-0.05, 0) is 12.2 Å². The molecular formula is C3H5N3O4S. The molecule has 0 unspecified atom stereocenters. The number of thiocarbonyl (C=S) groups is 1. The molecular weight excluding hydrogens is 174 g/mol. The number of carbonyl (C=O) groups is 1. The van der Waals surface area contributed by atoms with Gasteiger partial charge >= 0.3 is 17.4 Å². The zero-order valence-electron chi connectivity index (χ0n) is 5.20. The molecule has 8 heteroatoms. The van der Waals surface area contributed by atoms with Gasteiger partial charge in [0.1, 0.15) is 0 Å². The molecule has 62 valence electrons. The van der Waals surface area contributed by atoms with E-state index in [0.717, 1.165) is 0 Å². The van der Waals surface area contributed by atoms with Crippen LogP contribution >= 0.6 is 12.2 Å². The molecule has 1 amide bonds. The van der Waals surface area contributed by atoms with E-state index in [4.69, 9.17) is 11.1 Å². The average molecular weight is 179 g/mol. The van der Waals surface area contributed by atoms with Crippen molar-refractivity contribution in [3.05, 3.63) is 0 Å². The Morgan fingerprint density at radius 2 is 1.91 bits per heavy atom. The topological polar surface area (TPSA) is 121 Å². The zero-order chi connectivity index (χ0) is 8.85. The number of rotatable bonds is 0. The summed E-state index contributed by atoms with van der Waals surface area (Å²) in [5, 5.41) is 6.19. The fourth-order valence-corrected chi connectivity index (χ4v) is 0.221. The highest BCUT2D eigenvalue weighted by Gasteiger charge is 2.04. The largest absolute Gasteiger partial charge is 0.434 e. The van der Waals surface area contributed by atoms with Crippen molar-refractivity contribution in [2.24, 2.45) is 11.5 Å². The zero-order valence-corrected chi connectivity index (χ0v) is 6.01. The Hall–Kier alpha value is -1.57. The smallest absolute Gasteiger partial charge is 0.358 e. The number of ether oxygens (including phenoxy) is 1. The second-order valence-corrected chi connectivity index (χ2v) is 1.60. The summed E-state index contributed by atoms with van der Waals surface area (Å²) in [5.74, 6) is 0. The van der Waals surface area contributed by atoms with E-state index in [9.17, 15) is 4.79 Å². The maximum absolute atomic E-state index is 9.91. The van der Waals surface area contributed by atoms with Gasteiger partial charge in [-0.25, -0.2) is 15.1 Å². The fraction of sp³-hybridized carbons (Fsp3) is 0. The van der Waals surface area contributed by atoms with Crippen LogP contribution in [0.3, 0.4) is 0 Å². The van der Waals surface area contributed by atoms with Crippen molar-refractivity contribution in [3.8, 4) is 0 Å². The van der Waals surface area contributed by atoms with Crippen LogP contribution in [0.15, 0.2) is 0 Å². The van der Waals surface area contributed by atoms with Crippen molar-refractivity contribution >= 4 is 29.6 Å². The van der Waals surface area contributed by atoms with Gasteiger partial charge in [0.25, 0.3) is 0 Å². The van der Waals surface area contributed by atoms with Crippen LogP contribution in [0.4, 0.5) is 4.79 Å². The summed E-state index contributed by atoms with van der Waals surface area (Å²) in [7, 11) is 0. The molecule has 0 bridgehead atoms. The molecule has 0 rings (SSSR count). The highest BCUT2D eigenvalue weighted by Crippen LogP contribution is 1.84. The van der Waals surface area contributed by atoms with E-state index in [0.29, 0.717) is 0 Å². The molecule has 0 radical (unpaired) electrons. The lowest BCUT2D eigenvalue weighted by molar-refractivity contribution is -0.151. The molecule has 0 aliphatic heterocycles. The Balaban J connectivity index is 3.53. The minimum Gasteiger partial charge on any atom is -0.358 e. The van der Waals surface area contributed by atoms with E-state index in [-0.39, 0.29) is 0 Å². The molecule has 0 aromatic carbocycles. The predicted octanol–water partition coefficient (Wildman–Crippen LogP) is -0.792. The summed E-state index contributed by atoms with van der Waals surface area (Å²) < 4.78 is 3.86. The van der Waals surface area contributed by atoms with Crippen LogP contribution in [0.5, 0.6) is 0 Å². The molecule has 0 atom stereocenters. The van der Waals surface area contributed by atoms with Gasteiger partial charge in [0.05, 0.1) is 0 Å². The van der Waals surface area contributed by atoms with E-state index in [1.165, 1.54) is 0 Å². The van der Waals surface area contributed by atoms with Crippen molar-refractivity contribution in [2.45, 2.75) is 0 Å². The number of primary amides is 1. The lowest BCUT2D eigenvalue weighted by atomic mass is 11.2. The molecule has 0 saturated heterocycles. The average Bonchev–Trinajstić information content (AvgIpc) is 1.82. The number of hydrogen-bond acceptors (Lipinski definition) is 6. The van der Waals surface area contributed by atoms with E-state index >= 15 is 0 Å². The number of hydrogen-bond donors (Lipinski definition) is 3. The van der Waals surface area contributed by atoms with Gasteiger partial charge in [-0.15, -0.1) is 0 Å². The first-order valence-electron chi connectivity index (χ1n) is 2.22. The minimum absolute atomic E-state index is 0.442. The van der Waals surface area contributed by atoms with Crippen molar-refractivity contribution in [3.63, 3.8) is 0 Å². The van der Waals surface area contributed by atoms with Gasteiger partial charge in [-0.3, -0.25) is 4.89 Å². The first-order valence-corrected chi connectivity index (χ1v) is 2.63. The highest BCUT2D eigenvalue weighted by molar-refractivity contribution is 7.79. The summed E-state index contributed by atoms with van der Waals surface area (Å²) in [4.78, 5) is 17.8. The molecule has 11 heavy (non-hydrogen) atoms. The van der Waals surface area contributed by atoms with E-state index < -0.39 is 17.4 Å². The number of carbonyl (C=O) groups excluding carboxylic acids is 1. The Morgan fingerprint density at radius 1 is 1.36 bits per heavy atom. The highest BCUT2D eigenvalue weighted by atomic mass is 32.1. The summed E-state index contributed by atoms with van der Waals surface area (Å²) in [6, 6.07) is 0. The van der Waals surface area contributed by atoms with E-state index in [1.807, 2.05) is 0 Å². The third-order valence-corrected chi connectivity index (χ3v) is 0.461. The van der Waals surface area contributed by atoms with Crippen LogP contribution in [0.1, 0.15) is 0 Å². The SMILES string of the molecule is N=C(OOC(N)=S)OC(N)=O. The standard InChI is InChI=1S/C3H5N3O4S/c4-1(7)8-2(5)9-10-3(6)11/h5H,(H2,4,7)(H2,6,11). The molecule has 7 nitrogen and oxygen atoms in total. The van der Waals surface area contributed by atoms with Crippen molar-refractivity contribution in [1.29, 1.82) is 5.41 Å². The first kappa shape index (κ1) is 9.43. The first-order chi connectivity index (χ1) is 5.02. The van der Waals surface area contributed by atoms with Crippen LogP contribution < -0.4 is 11.5 Å². The van der Waals surface area contributed by atoms with Crippen LogP contribution in [0, 0.1) is 5.41 Å². The van der Waals surface area contributed by atoms with Gasteiger partial charge in [-0.2, -0.15) is 0 Å². The minimum atomic E-state index is -1.19. The van der Waals surface area contributed by atoms with Gasteiger partial charge in [0.2, 0.25) is 0 Å². The maximum Gasteiger partial charge on any atom is 0.434 e. The molecule has 0 fully saturated rings. The predicted molar refractivity (Wildman–Crippen MR) is 37.4 cm³/mol. The summed E-state index contributed by atoms with van der Waals surface area (Å²) >= 11 is 4.19. The number of nitrogens with two attached hydrogens (primary N) is 2. The maximum atomic E-state index is 9.91. The lowest BCUT2D eigenvalue weighted by Gasteiger charge is -2.01. The molecule has 0 aromatic heterocycles. The monoisotopic (exact) mass is 179 g/mol. The number of amides is 1. The Morgan fingerprint density at radius 3 is 2.27 bits per heavy atom. The second-order valence-electron chi connectivity index (χ2n) is 1.19. The lowest BCUT2D eigenvalue weighted by Crippen LogP contribution is -2.22. The molecule has 0 aliphatic carbocycles. The van der Waals surface area contributed by atoms with E-state index in [2.05, 4.69) is 32.5 Å². The molecule has 0 spiro atoms. The van der Waals surface area contributed by atoms with Gasteiger partial charge < -0.3 is 16.2 Å². The van der Waals surface area contributed by atoms with Crippen LogP contribution in [-0.2, 0) is 14.5 Å². The molecule has 0 aromatic rings. The van der Waals surface area contributed by atoms with E-state index in [1.54, 1.807) is 0 Å². The fourth-order valence-electron chi connectivity index (χ4n) is 0.187. The summed E-state index contributed by atoms with van der Waals surface area (Å²) in [6.07, 6.45) is -2.13. The van der Waals surface area contributed by atoms with Crippen molar-refractivity contribution in [1.82, 2.24) is 0 Å². The second kappa shape index (κ2) is 4.28. The van der Waals surface area contributed by atoms with Crippen LogP contribution in [0.2, 0.25) is 0 Å². The quantitative estimate of drug-likeness (QED) is 0.147. The summed E-state index contributed by atoms with van der Waals surface area (Å²) in [5.41, 5.74) is 9.29. The van der Waals surface area contributed by atoms with Gasteiger partial charge in [0.15, 0.2) is 0 Å². The molecule has 0 aliphatic rings. The third-order valence-electron chi connectivity index (χ3n) is 0.393. The van der Waals surface area contributed by atoms with Crippen LogP contribution in [-0.4, -0.2) is 17.4 Å².